The number of nitrogens with one attached hydrogen (secondary N) is 1. The fraction of sp³-hybridized carbons (Fsp3) is 0.438. The Morgan fingerprint density at radius 1 is 1.14 bits per heavy atom. The Bertz CT molecular complexity index is 608. The van der Waals surface area contributed by atoms with Crippen molar-refractivity contribution in [3.05, 3.63) is 51.5 Å². The molecule has 0 spiro atoms. The SMILES string of the molecule is CC(C)NC(c1nc(C(C)C)cs1)c1ccc(F)cc1F. The van der Waals surface area contributed by atoms with Crippen LogP contribution < -0.4 is 5.32 Å². The molecule has 1 aromatic heterocycles. The highest BCUT2D eigenvalue weighted by Gasteiger charge is 2.22. The molecule has 1 heterocycles. The van der Waals surface area contributed by atoms with Crippen LogP contribution in [0.25, 0.3) is 0 Å². The van der Waals surface area contributed by atoms with Crippen LogP contribution in [0.4, 0.5) is 8.78 Å². The van der Waals surface area contributed by atoms with E-state index in [1.54, 1.807) is 0 Å². The molecule has 1 aromatic carbocycles. The van der Waals surface area contributed by atoms with E-state index in [2.05, 4.69) is 24.1 Å². The maximum Gasteiger partial charge on any atom is 0.131 e. The van der Waals surface area contributed by atoms with Gasteiger partial charge in [-0.1, -0.05) is 19.9 Å². The van der Waals surface area contributed by atoms with Gasteiger partial charge in [0, 0.05) is 23.1 Å². The standard InChI is InChI=1S/C16H20F2N2S/c1-9(2)14-8-21-16(20-14)15(19-10(3)4)12-6-5-11(17)7-13(12)18/h5-10,15,19H,1-4H3. The zero-order valence-electron chi connectivity index (χ0n) is 12.7. The van der Waals surface area contributed by atoms with E-state index >= 15 is 0 Å². The Balaban J connectivity index is 2.41. The zero-order chi connectivity index (χ0) is 15.6. The molecule has 0 aliphatic heterocycles. The summed E-state index contributed by atoms with van der Waals surface area (Å²) >= 11 is 1.50. The number of nitrogens with zero attached hydrogens (tertiary/aromatic N) is 1. The molecule has 21 heavy (non-hydrogen) atoms. The molecule has 2 aromatic rings. The normalized spacial score (nSPS) is 13.1. The lowest BCUT2D eigenvalue weighted by Gasteiger charge is -2.20. The van der Waals surface area contributed by atoms with Crippen molar-refractivity contribution in [3.8, 4) is 0 Å². The second-order valence-corrected chi connectivity index (χ2v) is 6.58. The van der Waals surface area contributed by atoms with Crippen molar-refractivity contribution in [2.45, 2.75) is 45.7 Å². The zero-order valence-corrected chi connectivity index (χ0v) is 13.5. The van der Waals surface area contributed by atoms with Crippen molar-refractivity contribution < 1.29 is 8.78 Å². The van der Waals surface area contributed by atoms with Crippen LogP contribution in [-0.2, 0) is 0 Å². The molecule has 2 rings (SSSR count). The Morgan fingerprint density at radius 3 is 2.38 bits per heavy atom. The van der Waals surface area contributed by atoms with Crippen molar-refractivity contribution in [1.29, 1.82) is 0 Å². The largest absolute Gasteiger partial charge is 0.302 e. The smallest absolute Gasteiger partial charge is 0.131 e. The highest BCUT2D eigenvalue weighted by Crippen LogP contribution is 2.29. The molecule has 0 bridgehead atoms. The summed E-state index contributed by atoms with van der Waals surface area (Å²) in [6.45, 7) is 8.13. The molecule has 0 radical (unpaired) electrons. The predicted octanol–water partition coefficient (Wildman–Crippen LogP) is 4.63. The number of halogens is 2. The van der Waals surface area contributed by atoms with Crippen molar-refractivity contribution in [3.63, 3.8) is 0 Å². The molecule has 0 amide bonds. The van der Waals surface area contributed by atoms with Gasteiger partial charge in [0.15, 0.2) is 0 Å². The first kappa shape index (κ1) is 16.0. The maximum atomic E-state index is 14.1. The topological polar surface area (TPSA) is 24.9 Å². The summed E-state index contributed by atoms with van der Waals surface area (Å²) < 4.78 is 27.2. The van der Waals surface area contributed by atoms with Gasteiger partial charge >= 0.3 is 0 Å². The van der Waals surface area contributed by atoms with Crippen molar-refractivity contribution in [1.82, 2.24) is 10.3 Å². The Hall–Kier alpha value is -1.33. The number of hydrogen-bond acceptors (Lipinski definition) is 3. The van der Waals surface area contributed by atoms with Crippen LogP contribution >= 0.6 is 11.3 Å². The van der Waals surface area contributed by atoms with E-state index in [4.69, 9.17) is 0 Å². The van der Waals surface area contributed by atoms with Crippen LogP contribution in [0, 0.1) is 11.6 Å². The van der Waals surface area contributed by atoms with E-state index in [1.807, 2.05) is 19.2 Å². The third-order valence-corrected chi connectivity index (χ3v) is 4.08. The molecule has 2 nitrogen and oxygen atoms in total. The minimum Gasteiger partial charge on any atom is -0.302 e. The van der Waals surface area contributed by atoms with Crippen molar-refractivity contribution >= 4 is 11.3 Å². The molecule has 1 N–H and O–H groups in total. The van der Waals surface area contributed by atoms with Crippen LogP contribution in [-0.4, -0.2) is 11.0 Å². The molecular weight excluding hydrogens is 290 g/mol. The molecule has 114 valence electrons. The lowest BCUT2D eigenvalue weighted by Crippen LogP contribution is -2.29. The Morgan fingerprint density at radius 2 is 1.86 bits per heavy atom. The third-order valence-electron chi connectivity index (χ3n) is 3.15. The number of hydrogen-bond donors (Lipinski definition) is 1. The molecule has 0 aliphatic rings. The molecule has 1 atom stereocenters. The van der Waals surface area contributed by atoms with Gasteiger partial charge in [-0.05, 0) is 25.8 Å². The summed E-state index contributed by atoms with van der Waals surface area (Å²) in [4.78, 5) is 4.60. The van der Waals surface area contributed by atoms with E-state index < -0.39 is 11.6 Å². The lowest BCUT2D eigenvalue weighted by molar-refractivity contribution is 0.495. The van der Waals surface area contributed by atoms with Gasteiger partial charge < -0.3 is 5.32 Å². The van der Waals surface area contributed by atoms with Crippen LogP contribution in [0.1, 0.15) is 55.9 Å². The van der Waals surface area contributed by atoms with Gasteiger partial charge in [-0.2, -0.15) is 0 Å². The number of thiazole rings is 1. The van der Waals surface area contributed by atoms with Crippen molar-refractivity contribution in [2.75, 3.05) is 0 Å². The second kappa shape index (κ2) is 6.62. The first-order valence-electron chi connectivity index (χ1n) is 7.04. The average molecular weight is 310 g/mol. The van der Waals surface area contributed by atoms with Crippen LogP contribution in [0.3, 0.4) is 0 Å². The minimum atomic E-state index is -0.568. The maximum absolute atomic E-state index is 14.1. The number of aromatic nitrogens is 1. The van der Waals surface area contributed by atoms with E-state index in [0.29, 0.717) is 11.5 Å². The van der Waals surface area contributed by atoms with Gasteiger partial charge in [0.1, 0.15) is 16.6 Å². The molecule has 0 saturated carbocycles. The van der Waals surface area contributed by atoms with E-state index in [9.17, 15) is 8.78 Å². The average Bonchev–Trinajstić information content (AvgIpc) is 2.85. The lowest BCUT2D eigenvalue weighted by atomic mass is 10.1. The van der Waals surface area contributed by atoms with Gasteiger partial charge in [-0.25, -0.2) is 13.8 Å². The van der Waals surface area contributed by atoms with Gasteiger partial charge in [-0.3, -0.25) is 0 Å². The van der Waals surface area contributed by atoms with Gasteiger partial charge in [0.25, 0.3) is 0 Å². The first-order chi connectivity index (χ1) is 9.88. The number of benzene rings is 1. The van der Waals surface area contributed by atoms with Crippen LogP contribution in [0.15, 0.2) is 23.6 Å². The summed E-state index contributed by atoms with van der Waals surface area (Å²) in [6, 6.07) is 3.49. The fourth-order valence-electron chi connectivity index (χ4n) is 2.06. The summed E-state index contributed by atoms with van der Waals surface area (Å²) in [6.07, 6.45) is 0. The van der Waals surface area contributed by atoms with Crippen LogP contribution in [0.2, 0.25) is 0 Å². The summed E-state index contributed by atoms with van der Waals surface area (Å²) in [5.74, 6) is -0.788. The molecule has 0 saturated heterocycles. The predicted molar refractivity (Wildman–Crippen MR) is 82.7 cm³/mol. The second-order valence-electron chi connectivity index (χ2n) is 5.69. The summed E-state index contributed by atoms with van der Waals surface area (Å²) in [5.41, 5.74) is 1.42. The number of rotatable bonds is 5. The molecular formula is C16H20F2N2S. The molecule has 1 unspecified atom stereocenters. The molecule has 5 heteroatoms. The quantitative estimate of drug-likeness (QED) is 0.871. The van der Waals surface area contributed by atoms with E-state index in [-0.39, 0.29) is 12.1 Å². The Labute approximate surface area is 128 Å². The van der Waals surface area contributed by atoms with E-state index in [1.165, 1.54) is 23.5 Å². The Kier molecular flexibility index (Phi) is 5.06. The van der Waals surface area contributed by atoms with Crippen LogP contribution in [0.5, 0.6) is 0 Å². The minimum absolute atomic E-state index is 0.158. The van der Waals surface area contributed by atoms with Gasteiger partial charge in [-0.15, -0.1) is 11.3 Å². The van der Waals surface area contributed by atoms with Gasteiger partial charge in [0.2, 0.25) is 0 Å². The fourth-order valence-corrected chi connectivity index (χ4v) is 3.12. The third kappa shape index (κ3) is 3.86. The molecule has 0 fully saturated rings. The van der Waals surface area contributed by atoms with E-state index in [0.717, 1.165) is 16.8 Å². The first-order valence-corrected chi connectivity index (χ1v) is 7.92. The van der Waals surface area contributed by atoms with Gasteiger partial charge in [0.05, 0.1) is 11.7 Å². The molecule has 0 aliphatic carbocycles. The highest BCUT2D eigenvalue weighted by molar-refractivity contribution is 7.09. The van der Waals surface area contributed by atoms with Crippen molar-refractivity contribution in [2.24, 2.45) is 0 Å². The summed E-state index contributed by atoms with van der Waals surface area (Å²) in [7, 11) is 0. The summed E-state index contributed by atoms with van der Waals surface area (Å²) in [5, 5.41) is 6.11. The highest BCUT2D eigenvalue weighted by atomic mass is 32.1. The monoisotopic (exact) mass is 310 g/mol.